The minimum atomic E-state index is -0.235. The molecule has 0 aliphatic rings. The van der Waals surface area contributed by atoms with Gasteiger partial charge < -0.3 is 14.5 Å². The van der Waals surface area contributed by atoms with Crippen LogP contribution in [0.15, 0.2) is 108 Å². The van der Waals surface area contributed by atoms with Crippen molar-refractivity contribution < 1.29 is 13.9 Å². The van der Waals surface area contributed by atoms with Crippen molar-refractivity contribution in [2.75, 3.05) is 12.4 Å². The van der Waals surface area contributed by atoms with Crippen molar-refractivity contribution in [3.05, 3.63) is 109 Å². The number of methoxy groups -OCH3 is 1. The first-order chi connectivity index (χ1) is 17.1. The lowest BCUT2D eigenvalue weighted by Gasteiger charge is -2.10. The molecule has 5 aromatic rings. The third-order valence-electron chi connectivity index (χ3n) is 5.90. The Morgan fingerprint density at radius 2 is 1.69 bits per heavy atom. The molecule has 0 spiro atoms. The van der Waals surface area contributed by atoms with Crippen LogP contribution in [-0.2, 0) is 4.79 Å². The van der Waals surface area contributed by atoms with Crippen molar-refractivity contribution in [2.45, 2.75) is 6.92 Å². The van der Waals surface area contributed by atoms with Gasteiger partial charge in [-0.05, 0) is 47.4 Å². The van der Waals surface area contributed by atoms with Crippen LogP contribution in [0.2, 0.25) is 0 Å². The van der Waals surface area contributed by atoms with Gasteiger partial charge in [0.15, 0.2) is 0 Å². The molecule has 0 aliphatic carbocycles. The first-order valence-corrected chi connectivity index (χ1v) is 11.3. The lowest BCUT2D eigenvalue weighted by atomic mass is 9.97. The van der Waals surface area contributed by atoms with Crippen LogP contribution in [0.1, 0.15) is 12.5 Å². The van der Waals surface area contributed by atoms with Crippen LogP contribution < -0.4 is 10.1 Å². The molecule has 5 heteroatoms. The van der Waals surface area contributed by atoms with E-state index in [1.165, 1.54) is 5.56 Å². The molecule has 35 heavy (non-hydrogen) atoms. The van der Waals surface area contributed by atoms with E-state index in [2.05, 4.69) is 46.7 Å². The summed E-state index contributed by atoms with van der Waals surface area (Å²) in [6.45, 7) is 1.89. The first-order valence-electron chi connectivity index (χ1n) is 11.3. The largest absolute Gasteiger partial charge is 0.496 e. The summed E-state index contributed by atoms with van der Waals surface area (Å²) < 4.78 is 11.5. The fraction of sp³-hybridized carbons (Fsp3) is 0.0667. The second-order valence-electron chi connectivity index (χ2n) is 8.20. The second kappa shape index (κ2) is 9.69. The molecule has 0 fully saturated rings. The zero-order chi connectivity index (χ0) is 24.2. The standard InChI is InChI=1S/C30H24N2O3/c1-20(15-30(33)32-24-9-6-14-31-18-24)25-16-26-27(19-35-29(26)17-28(25)34-2)23-12-10-22(11-13-23)21-7-4-3-5-8-21/h3-19H,1-2H3,(H,32,33)/b20-15+. The van der Waals surface area contributed by atoms with Gasteiger partial charge in [-0.1, -0.05) is 54.6 Å². The maximum absolute atomic E-state index is 12.6. The zero-order valence-electron chi connectivity index (χ0n) is 19.5. The number of anilines is 1. The van der Waals surface area contributed by atoms with Crippen LogP contribution in [0.25, 0.3) is 38.8 Å². The number of nitrogens with zero attached hydrogens (tertiary/aromatic N) is 1. The predicted octanol–water partition coefficient (Wildman–Crippen LogP) is 7.21. The van der Waals surface area contributed by atoms with Crippen molar-refractivity contribution in [1.29, 1.82) is 0 Å². The Labute approximate surface area is 203 Å². The van der Waals surface area contributed by atoms with E-state index in [1.807, 2.05) is 37.3 Å². The molecular weight excluding hydrogens is 436 g/mol. The van der Waals surface area contributed by atoms with Crippen LogP contribution in [0, 0.1) is 0 Å². The number of carbonyl (C=O) groups excluding carboxylic acids is 1. The van der Waals surface area contributed by atoms with E-state index in [-0.39, 0.29) is 5.91 Å². The summed E-state index contributed by atoms with van der Waals surface area (Å²) in [5.41, 5.74) is 7.32. The van der Waals surface area contributed by atoms with E-state index in [1.54, 1.807) is 44.0 Å². The molecule has 2 aromatic heterocycles. The number of aromatic nitrogens is 1. The van der Waals surface area contributed by atoms with Gasteiger partial charge in [-0.2, -0.15) is 0 Å². The first kappa shape index (κ1) is 22.2. The summed E-state index contributed by atoms with van der Waals surface area (Å²) in [4.78, 5) is 16.6. The number of nitrogens with one attached hydrogen (secondary N) is 1. The van der Waals surface area contributed by atoms with Crippen molar-refractivity contribution in [3.63, 3.8) is 0 Å². The van der Waals surface area contributed by atoms with Crippen LogP contribution in [0.3, 0.4) is 0 Å². The van der Waals surface area contributed by atoms with E-state index in [4.69, 9.17) is 9.15 Å². The number of benzene rings is 3. The Balaban J connectivity index is 1.48. The Kier molecular flexibility index (Phi) is 6.14. The number of carbonyl (C=O) groups is 1. The summed E-state index contributed by atoms with van der Waals surface area (Å²) in [5, 5.41) is 3.78. The van der Waals surface area contributed by atoms with Crippen molar-refractivity contribution >= 4 is 28.1 Å². The summed E-state index contributed by atoms with van der Waals surface area (Å²) in [5.74, 6) is 0.405. The van der Waals surface area contributed by atoms with Crippen LogP contribution in [-0.4, -0.2) is 18.0 Å². The molecule has 1 N–H and O–H groups in total. The van der Waals surface area contributed by atoms with Gasteiger partial charge in [-0.15, -0.1) is 0 Å². The highest BCUT2D eigenvalue weighted by Gasteiger charge is 2.15. The van der Waals surface area contributed by atoms with Crippen molar-refractivity contribution in [2.24, 2.45) is 0 Å². The fourth-order valence-corrected chi connectivity index (χ4v) is 4.12. The Hall–Kier alpha value is -4.64. The number of hydrogen-bond donors (Lipinski definition) is 1. The number of allylic oxidation sites excluding steroid dienone is 1. The molecule has 0 unspecified atom stereocenters. The number of furan rings is 1. The third kappa shape index (κ3) is 4.70. The minimum Gasteiger partial charge on any atom is -0.496 e. The second-order valence-corrected chi connectivity index (χ2v) is 8.20. The number of amides is 1. The van der Waals surface area contributed by atoms with Gasteiger partial charge in [0, 0.05) is 34.9 Å². The van der Waals surface area contributed by atoms with E-state index in [9.17, 15) is 4.79 Å². The molecule has 1 amide bonds. The Bertz CT molecular complexity index is 1500. The summed E-state index contributed by atoms with van der Waals surface area (Å²) in [7, 11) is 1.61. The highest BCUT2D eigenvalue weighted by Crippen LogP contribution is 2.38. The predicted molar refractivity (Wildman–Crippen MR) is 140 cm³/mol. The van der Waals surface area contributed by atoms with E-state index in [0.29, 0.717) is 11.4 Å². The van der Waals surface area contributed by atoms with Gasteiger partial charge in [0.2, 0.25) is 5.91 Å². The number of fused-ring (bicyclic) bond motifs is 1. The molecule has 0 bridgehead atoms. The maximum atomic E-state index is 12.6. The van der Waals surface area contributed by atoms with E-state index < -0.39 is 0 Å². The summed E-state index contributed by atoms with van der Waals surface area (Å²) in [6, 6.07) is 26.1. The SMILES string of the molecule is COc1cc2occ(-c3ccc(-c4ccccc4)cc3)c2cc1/C(C)=C/C(=O)Nc1cccnc1. The zero-order valence-corrected chi connectivity index (χ0v) is 19.5. The maximum Gasteiger partial charge on any atom is 0.248 e. The average molecular weight is 461 g/mol. The summed E-state index contributed by atoms with van der Waals surface area (Å²) >= 11 is 0. The number of pyridine rings is 1. The third-order valence-corrected chi connectivity index (χ3v) is 5.90. The Morgan fingerprint density at radius 1 is 0.943 bits per heavy atom. The average Bonchev–Trinajstić information content (AvgIpc) is 3.32. The van der Waals surface area contributed by atoms with Gasteiger partial charge >= 0.3 is 0 Å². The monoisotopic (exact) mass is 460 g/mol. The van der Waals surface area contributed by atoms with Gasteiger partial charge in [-0.25, -0.2) is 0 Å². The molecule has 0 saturated heterocycles. The molecule has 0 atom stereocenters. The van der Waals surface area contributed by atoms with Crippen LogP contribution in [0.5, 0.6) is 5.75 Å². The van der Waals surface area contributed by atoms with Gasteiger partial charge in [0.05, 0.1) is 25.3 Å². The molecule has 172 valence electrons. The van der Waals surface area contributed by atoms with Gasteiger partial charge in [-0.3, -0.25) is 9.78 Å². The highest BCUT2D eigenvalue weighted by atomic mass is 16.5. The van der Waals surface area contributed by atoms with Crippen LogP contribution in [0.4, 0.5) is 5.69 Å². The smallest absolute Gasteiger partial charge is 0.248 e. The molecule has 2 heterocycles. The number of hydrogen-bond acceptors (Lipinski definition) is 4. The molecular formula is C30H24N2O3. The normalized spacial score (nSPS) is 11.4. The van der Waals surface area contributed by atoms with Crippen molar-refractivity contribution in [1.82, 2.24) is 4.98 Å². The van der Waals surface area contributed by atoms with Gasteiger partial charge in [0.25, 0.3) is 0 Å². The van der Waals surface area contributed by atoms with Crippen LogP contribution >= 0.6 is 0 Å². The molecule has 0 saturated carbocycles. The Morgan fingerprint density at radius 3 is 2.40 bits per heavy atom. The molecule has 5 nitrogen and oxygen atoms in total. The highest BCUT2D eigenvalue weighted by molar-refractivity contribution is 6.05. The molecule has 0 aliphatic heterocycles. The van der Waals surface area contributed by atoms with Gasteiger partial charge in [0.1, 0.15) is 11.3 Å². The quantitative estimate of drug-likeness (QED) is 0.272. The molecule has 5 rings (SSSR count). The van der Waals surface area contributed by atoms with E-state index in [0.717, 1.165) is 38.8 Å². The van der Waals surface area contributed by atoms with Crippen molar-refractivity contribution in [3.8, 4) is 28.0 Å². The fourth-order valence-electron chi connectivity index (χ4n) is 4.12. The summed E-state index contributed by atoms with van der Waals surface area (Å²) in [6.07, 6.45) is 6.59. The lowest BCUT2D eigenvalue weighted by molar-refractivity contribution is -0.111. The molecule has 0 radical (unpaired) electrons. The molecule has 3 aromatic carbocycles. The number of rotatable bonds is 6. The minimum absolute atomic E-state index is 0.235. The number of ether oxygens (including phenoxy) is 1. The lowest BCUT2D eigenvalue weighted by Crippen LogP contribution is -2.08. The topological polar surface area (TPSA) is 64.4 Å². The van der Waals surface area contributed by atoms with E-state index >= 15 is 0 Å².